The lowest BCUT2D eigenvalue weighted by atomic mass is 10.3. The summed E-state index contributed by atoms with van der Waals surface area (Å²) in [6, 6.07) is 10.0. The van der Waals surface area contributed by atoms with Crippen LogP contribution < -0.4 is 20.1 Å². The molecule has 0 saturated carbocycles. The second kappa shape index (κ2) is 8.09. The van der Waals surface area contributed by atoms with E-state index in [1.54, 1.807) is 42.6 Å². The second-order valence-electron chi connectivity index (χ2n) is 4.17. The minimum atomic E-state index is -0.430. The quantitative estimate of drug-likeness (QED) is 0.632. The van der Waals surface area contributed by atoms with Crippen molar-refractivity contribution in [3.05, 3.63) is 47.7 Å². The Morgan fingerprint density at radius 3 is 2.50 bits per heavy atom. The molecule has 1 aromatic carbocycles. The molecule has 0 unspecified atom stereocenters. The molecule has 0 fully saturated rings. The van der Waals surface area contributed by atoms with Gasteiger partial charge in [-0.3, -0.25) is 0 Å². The fourth-order valence-corrected chi connectivity index (χ4v) is 1.80. The highest BCUT2D eigenvalue weighted by molar-refractivity contribution is 6.32. The number of carbonyl (C=O) groups excluding carboxylic acids is 1. The number of urea groups is 1. The molecule has 2 N–H and O–H groups in total. The molecule has 0 aliphatic rings. The SMILES string of the molecule is CCOc1ccc(OCNC(=O)Nc2cccnc2Cl)cc1. The zero-order valence-electron chi connectivity index (χ0n) is 12.0. The number of ether oxygens (including phenoxy) is 2. The van der Waals surface area contributed by atoms with Crippen LogP contribution in [0.3, 0.4) is 0 Å². The minimum Gasteiger partial charge on any atom is -0.494 e. The van der Waals surface area contributed by atoms with Gasteiger partial charge >= 0.3 is 6.03 Å². The van der Waals surface area contributed by atoms with Crippen molar-refractivity contribution in [3.63, 3.8) is 0 Å². The van der Waals surface area contributed by atoms with Crippen LogP contribution in [0, 0.1) is 0 Å². The molecule has 1 aromatic heterocycles. The highest BCUT2D eigenvalue weighted by atomic mass is 35.5. The van der Waals surface area contributed by atoms with Crippen LogP contribution in [0.15, 0.2) is 42.6 Å². The highest BCUT2D eigenvalue weighted by Crippen LogP contribution is 2.18. The molecule has 22 heavy (non-hydrogen) atoms. The van der Waals surface area contributed by atoms with E-state index in [9.17, 15) is 4.79 Å². The number of halogens is 1. The van der Waals surface area contributed by atoms with Crippen LogP contribution in [0.4, 0.5) is 10.5 Å². The van der Waals surface area contributed by atoms with Gasteiger partial charge in [0.2, 0.25) is 0 Å². The van der Waals surface area contributed by atoms with E-state index in [0.29, 0.717) is 18.0 Å². The normalized spacial score (nSPS) is 9.91. The molecule has 2 rings (SSSR count). The molecule has 0 radical (unpaired) electrons. The number of nitrogens with one attached hydrogen (secondary N) is 2. The maximum absolute atomic E-state index is 11.7. The van der Waals surface area contributed by atoms with Crippen molar-refractivity contribution >= 4 is 23.3 Å². The maximum atomic E-state index is 11.7. The maximum Gasteiger partial charge on any atom is 0.321 e. The summed E-state index contributed by atoms with van der Waals surface area (Å²) in [5.74, 6) is 1.40. The number of amides is 2. The lowest BCUT2D eigenvalue weighted by Gasteiger charge is -2.10. The van der Waals surface area contributed by atoms with Gasteiger partial charge in [0.1, 0.15) is 11.5 Å². The van der Waals surface area contributed by atoms with Crippen LogP contribution in [0.1, 0.15) is 6.92 Å². The summed E-state index contributed by atoms with van der Waals surface area (Å²) in [5.41, 5.74) is 0.433. The van der Waals surface area contributed by atoms with E-state index in [1.165, 1.54) is 0 Å². The molecule has 0 saturated heterocycles. The fraction of sp³-hybridized carbons (Fsp3) is 0.200. The highest BCUT2D eigenvalue weighted by Gasteiger charge is 2.05. The molecule has 116 valence electrons. The Hall–Kier alpha value is -2.47. The topological polar surface area (TPSA) is 72.5 Å². The standard InChI is InChI=1S/C15H16ClN3O3/c1-2-21-11-5-7-12(8-6-11)22-10-18-15(20)19-13-4-3-9-17-14(13)16/h3-9H,2,10H2,1H3,(H2,18,19,20). The fourth-order valence-electron chi connectivity index (χ4n) is 1.63. The predicted octanol–water partition coefficient (Wildman–Crippen LogP) is 3.29. The van der Waals surface area contributed by atoms with Crippen molar-refractivity contribution in [2.45, 2.75) is 6.92 Å². The van der Waals surface area contributed by atoms with Gasteiger partial charge in [-0.2, -0.15) is 0 Å². The number of pyridine rings is 1. The van der Waals surface area contributed by atoms with Gasteiger partial charge in [0, 0.05) is 6.20 Å². The van der Waals surface area contributed by atoms with E-state index < -0.39 is 6.03 Å². The number of rotatable bonds is 6. The van der Waals surface area contributed by atoms with Crippen molar-refractivity contribution in [1.82, 2.24) is 10.3 Å². The zero-order valence-corrected chi connectivity index (χ0v) is 12.8. The minimum absolute atomic E-state index is 0.0255. The Balaban J connectivity index is 1.76. The molecule has 2 amide bonds. The molecule has 0 aliphatic carbocycles. The van der Waals surface area contributed by atoms with E-state index in [2.05, 4.69) is 15.6 Å². The van der Waals surface area contributed by atoms with Crippen LogP contribution in [0.2, 0.25) is 5.15 Å². The van der Waals surface area contributed by atoms with Crippen molar-refractivity contribution in [1.29, 1.82) is 0 Å². The second-order valence-corrected chi connectivity index (χ2v) is 4.52. The monoisotopic (exact) mass is 321 g/mol. The number of aromatic nitrogens is 1. The summed E-state index contributed by atoms with van der Waals surface area (Å²) >= 11 is 5.84. The van der Waals surface area contributed by atoms with E-state index in [0.717, 1.165) is 5.75 Å². The molecule has 7 heteroatoms. The molecule has 1 heterocycles. The van der Waals surface area contributed by atoms with Gasteiger partial charge in [-0.25, -0.2) is 9.78 Å². The van der Waals surface area contributed by atoms with Gasteiger partial charge in [-0.1, -0.05) is 11.6 Å². The lowest BCUT2D eigenvalue weighted by molar-refractivity contribution is 0.234. The molecule has 0 spiro atoms. The average molecular weight is 322 g/mol. The van der Waals surface area contributed by atoms with Gasteiger partial charge in [-0.15, -0.1) is 0 Å². The third-order valence-electron chi connectivity index (χ3n) is 2.61. The molecular weight excluding hydrogens is 306 g/mol. The van der Waals surface area contributed by atoms with Crippen molar-refractivity contribution in [2.75, 3.05) is 18.7 Å². The summed E-state index contributed by atoms with van der Waals surface area (Å²) in [4.78, 5) is 15.5. The molecule has 6 nitrogen and oxygen atoms in total. The predicted molar refractivity (Wildman–Crippen MR) is 84.5 cm³/mol. The van der Waals surface area contributed by atoms with Crippen molar-refractivity contribution < 1.29 is 14.3 Å². The summed E-state index contributed by atoms with van der Waals surface area (Å²) < 4.78 is 10.7. The molecule has 0 atom stereocenters. The molecular formula is C15H16ClN3O3. The summed E-state index contributed by atoms with van der Waals surface area (Å²) in [5, 5.41) is 5.36. The van der Waals surface area contributed by atoms with Crippen LogP contribution >= 0.6 is 11.6 Å². The lowest BCUT2D eigenvalue weighted by Crippen LogP contribution is -2.32. The smallest absolute Gasteiger partial charge is 0.321 e. The van der Waals surface area contributed by atoms with Crippen molar-refractivity contribution in [2.24, 2.45) is 0 Å². The number of hydrogen-bond acceptors (Lipinski definition) is 4. The third kappa shape index (κ3) is 4.82. The first kappa shape index (κ1) is 15.9. The van der Waals surface area contributed by atoms with Crippen molar-refractivity contribution in [3.8, 4) is 11.5 Å². The van der Waals surface area contributed by atoms with Crippen LogP contribution in [0.5, 0.6) is 11.5 Å². The Morgan fingerprint density at radius 1 is 1.18 bits per heavy atom. The number of benzene rings is 1. The first-order valence-corrected chi connectivity index (χ1v) is 7.08. The number of nitrogens with zero attached hydrogens (tertiary/aromatic N) is 1. The largest absolute Gasteiger partial charge is 0.494 e. The number of hydrogen-bond donors (Lipinski definition) is 2. The van der Waals surface area contributed by atoms with E-state index in [-0.39, 0.29) is 11.9 Å². The Bertz CT molecular complexity index is 620. The summed E-state index contributed by atoms with van der Waals surface area (Å²) in [6.45, 7) is 2.55. The summed E-state index contributed by atoms with van der Waals surface area (Å²) in [6.07, 6.45) is 1.54. The van der Waals surface area contributed by atoms with Gasteiger partial charge in [0.15, 0.2) is 11.9 Å². The molecule has 0 bridgehead atoms. The first-order chi connectivity index (χ1) is 10.7. The number of carbonyl (C=O) groups is 1. The van der Waals surface area contributed by atoms with Gasteiger partial charge in [0.05, 0.1) is 12.3 Å². The third-order valence-corrected chi connectivity index (χ3v) is 2.91. The van der Waals surface area contributed by atoms with Gasteiger partial charge in [0.25, 0.3) is 0 Å². The van der Waals surface area contributed by atoms with Gasteiger partial charge in [-0.05, 0) is 43.3 Å². The summed E-state index contributed by atoms with van der Waals surface area (Å²) in [7, 11) is 0. The van der Waals surface area contributed by atoms with Crippen LogP contribution in [0.25, 0.3) is 0 Å². The first-order valence-electron chi connectivity index (χ1n) is 6.70. The molecule has 2 aromatic rings. The Labute approximate surface area is 133 Å². The average Bonchev–Trinajstić information content (AvgIpc) is 2.52. The molecule has 0 aliphatic heterocycles. The van der Waals surface area contributed by atoms with E-state index in [4.69, 9.17) is 21.1 Å². The zero-order chi connectivity index (χ0) is 15.8. The Kier molecular flexibility index (Phi) is 5.85. The van der Waals surface area contributed by atoms with E-state index >= 15 is 0 Å². The van der Waals surface area contributed by atoms with Gasteiger partial charge < -0.3 is 20.1 Å². The Morgan fingerprint density at radius 2 is 1.86 bits per heavy atom. The number of anilines is 1. The van der Waals surface area contributed by atoms with Crippen LogP contribution in [-0.2, 0) is 0 Å². The van der Waals surface area contributed by atoms with E-state index in [1.807, 2.05) is 6.92 Å². The van der Waals surface area contributed by atoms with Crippen LogP contribution in [-0.4, -0.2) is 24.4 Å².